The molecule has 1 aliphatic rings. The Hall–Kier alpha value is -0.0800. The Morgan fingerprint density at radius 1 is 1.60 bits per heavy atom. The summed E-state index contributed by atoms with van der Waals surface area (Å²) in [6.45, 7) is 10.2. The minimum Gasteiger partial charge on any atom is -0.350 e. The van der Waals surface area contributed by atoms with Crippen LogP contribution < -0.4 is 0 Å². The second-order valence-corrected chi connectivity index (χ2v) is 2.94. The molecular weight excluding hydrogens is 128 g/mol. The molecule has 1 heterocycles. The number of hydrogen-bond donors (Lipinski definition) is 0. The second-order valence-electron chi connectivity index (χ2n) is 2.94. The second kappa shape index (κ2) is 3.35. The van der Waals surface area contributed by atoms with Crippen LogP contribution in [0.15, 0.2) is 0 Å². The molecule has 1 fully saturated rings. The summed E-state index contributed by atoms with van der Waals surface area (Å²) in [7, 11) is 0. The zero-order valence-electron chi connectivity index (χ0n) is 6.54. The van der Waals surface area contributed by atoms with Gasteiger partial charge in [-0.15, -0.1) is 0 Å². The van der Waals surface area contributed by atoms with Crippen LogP contribution in [0.1, 0.15) is 20.3 Å². The summed E-state index contributed by atoms with van der Waals surface area (Å²) < 4.78 is 10.7. The summed E-state index contributed by atoms with van der Waals surface area (Å²) in [5.74, 6) is 0.427. The van der Waals surface area contributed by atoms with Crippen molar-refractivity contribution in [2.24, 2.45) is 5.92 Å². The van der Waals surface area contributed by atoms with Crippen LogP contribution in [0.3, 0.4) is 0 Å². The summed E-state index contributed by atoms with van der Waals surface area (Å²) in [6.07, 6.45) is 0.643. The molecule has 2 nitrogen and oxygen atoms in total. The Morgan fingerprint density at radius 2 is 2.30 bits per heavy atom. The predicted molar refractivity (Wildman–Crippen MR) is 38.4 cm³/mol. The highest BCUT2D eigenvalue weighted by Crippen LogP contribution is 2.19. The molecule has 1 saturated heterocycles. The first-order valence-electron chi connectivity index (χ1n) is 3.71. The lowest BCUT2D eigenvalue weighted by Gasteiger charge is -2.13. The maximum Gasteiger partial charge on any atom is 0.160 e. The van der Waals surface area contributed by atoms with Crippen LogP contribution in [-0.2, 0) is 9.47 Å². The van der Waals surface area contributed by atoms with Crippen LogP contribution in [0.25, 0.3) is 0 Å². The minimum atomic E-state index is -0.0338. The van der Waals surface area contributed by atoms with E-state index in [-0.39, 0.29) is 12.4 Å². The Kier molecular flexibility index (Phi) is 2.69. The van der Waals surface area contributed by atoms with Crippen LogP contribution in [0.5, 0.6) is 0 Å². The standard InChI is InChI=1S/C8H14O2/c1-4-7-5-9-8(10-7)6(2)3/h1,6-8H,4-5H2,2-3H3. The Morgan fingerprint density at radius 3 is 2.60 bits per heavy atom. The lowest BCUT2D eigenvalue weighted by atomic mass is 10.2. The van der Waals surface area contributed by atoms with Crippen molar-refractivity contribution in [1.29, 1.82) is 0 Å². The third kappa shape index (κ3) is 1.70. The largest absolute Gasteiger partial charge is 0.350 e. The van der Waals surface area contributed by atoms with E-state index < -0.39 is 0 Å². The van der Waals surface area contributed by atoms with Crippen LogP contribution in [0.4, 0.5) is 0 Å². The normalized spacial score (nSPS) is 33.6. The monoisotopic (exact) mass is 142 g/mol. The lowest BCUT2D eigenvalue weighted by molar-refractivity contribution is -0.0866. The maximum atomic E-state index is 5.42. The number of hydrogen-bond acceptors (Lipinski definition) is 2. The van der Waals surface area contributed by atoms with Crippen LogP contribution in [-0.4, -0.2) is 19.0 Å². The molecule has 2 atom stereocenters. The summed E-state index contributed by atoms with van der Waals surface area (Å²) >= 11 is 0. The van der Waals surface area contributed by atoms with Crippen molar-refractivity contribution in [2.45, 2.75) is 32.7 Å². The maximum absolute atomic E-state index is 5.42. The number of ether oxygens (including phenoxy) is 2. The molecule has 58 valence electrons. The molecule has 0 aromatic heterocycles. The van der Waals surface area contributed by atoms with Crippen molar-refractivity contribution in [3.63, 3.8) is 0 Å². The molecule has 1 aliphatic heterocycles. The van der Waals surface area contributed by atoms with Crippen molar-refractivity contribution in [1.82, 2.24) is 0 Å². The van der Waals surface area contributed by atoms with Crippen molar-refractivity contribution in [2.75, 3.05) is 6.61 Å². The number of rotatable bonds is 2. The predicted octanol–water partition coefficient (Wildman–Crippen LogP) is 1.49. The molecule has 2 radical (unpaired) electrons. The molecule has 0 spiro atoms. The third-order valence-corrected chi connectivity index (χ3v) is 1.58. The minimum absolute atomic E-state index is 0.0338. The van der Waals surface area contributed by atoms with Gasteiger partial charge in [-0.2, -0.15) is 0 Å². The third-order valence-electron chi connectivity index (χ3n) is 1.58. The molecule has 0 N–H and O–H groups in total. The van der Waals surface area contributed by atoms with Crippen molar-refractivity contribution < 1.29 is 9.47 Å². The smallest absolute Gasteiger partial charge is 0.160 e. The van der Waals surface area contributed by atoms with Crippen LogP contribution in [0, 0.1) is 12.8 Å². The van der Waals surface area contributed by atoms with E-state index in [1.165, 1.54) is 0 Å². The highest BCUT2D eigenvalue weighted by atomic mass is 16.7. The highest BCUT2D eigenvalue weighted by molar-refractivity contribution is 4.67. The molecule has 2 heteroatoms. The Labute approximate surface area is 62.5 Å². The van der Waals surface area contributed by atoms with Gasteiger partial charge in [0, 0.05) is 5.92 Å². The zero-order chi connectivity index (χ0) is 7.56. The SMILES string of the molecule is [CH]CC1COC(C(C)C)O1. The quantitative estimate of drug-likeness (QED) is 0.581. The average molecular weight is 142 g/mol. The molecule has 0 saturated carbocycles. The van der Waals surface area contributed by atoms with Crippen molar-refractivity contribution in [3.8, 4) is 0 Å². The fourth-order valence-electron chi connectivity index (χ4n) is 0.944. The van der Waals surface area contributed by atoms with Gasteiger partial charge in [-0.25, -0.2) is 0 Å². The van der Waals surface area contributed by atoms with Gasteiger partial charge in [-0.1, -0.05) is 13.8 Å². The fourth-order valence-corrected chi connectivity index (χ4v) is 0.944. The van der Waals surface area contributed by atoms with Gasteiger partial charge in [0.2, 0.25) is 0 Å². The molecule has 2 unspecified atom stereocenters. The van der Waals surface area contributed by atoms with E-state index >= 15 is 0 Å². The van der Waals surface area contributed by atoms with E-state index in [2.05, 4.69) is 13.8 Å². The van der Waals surface area contributed by atoms with Crippen molar-refractivity contribution in [3.05, 3.63) is 6.92 Å². The first-order valence-corrected chi connectivity index (χ1v) is 3.71. The molecule has 0 aliphatic carbocycles. The Balaban J connectivity index is 2.28. The van der Waals surface area contributed by atoms with Gasteiger partial charge < -0.3 is 9.47 Å². The topological polar surface area (TPSA) is 18.5 Å². The molecule has 1 rings (SSSR count). The highest BCUT2D eigenvalue weighted by Gasteiger charge is 2.26. The van der Waals surface area contributed by atoms with Crippen LogP contribution in [0.2, 0.25) is 0 Å². The summed E-state index contributed by atoms with van der Waals surface area (Å²) in [5, 5.41) is 0. The van der Waals surface area contributed by atoms with Crippen molar-refractivity contribution >= 4 is 0 Å². The molecule has 0 bridgehead atoms. The molecule has 0 aromatic rings. The lowest BCUT2D eigenvalue weighted by Crippen LogP contribution is -2.17. The Bertz CT molecular complexity index is 101. The van der Waals surface area contributed by atoms with Crippen LogP contribution >= 0.6 is 0 Å². The fraction of sp³-hybridized carbons (Fsp3) is 0.875. The van der Waals surface area contributed by atoms with E-state index in [1.54, 1.807) is 0 Å². The van der Waals surface area contributed by atoms with Gasteiger partial charge in [0.15, 0.2) is 6.29 Å². The summed E-state index contributed by atoms with van der Waals surface area (Å²) in [5.41, 5.74) is 0. The van der Waals surface area contributed by atoms with Gasteiger partial charge in [0.05, 0.1) is 12.7 Å². The first kappa shape index (κ1) is 8.02. The van der Waals surface area contributed by atoms with Gasteiger partial charge in [0.25, 0.3) is 0 Å². The van der Waals surface area contributed by atoms with E-state index in [9.17, 15) is 0 Å². The average Bonchev–Trinajstić information content (AvgIpc) is 2.34. The van der Waals surface area contributed by atoms with Gasteiger partial charge in [-0.05, 0) is 13.3 Å². The first-order chi connectivity index (χ1) is 4.74. The van der Waals surface area contributed by atoms with E-state index in [1.807, 2.05) is 0 Å². The van der Waals surface area contributed by atoms with E-state index in [4.69, 9.17) is 16.4 Å². The van der Waals surface area contributed by atoms with E-state index in [0.29, 0.717) is 18.9 Å². The molecular formula is C8H14O2. The molecule has 0 aromatic carbocycles. The molecule has 10 heavy (non-hydrogen) atoms. The zero-order valence-corrected chi connectivity index (χ0v) is 6.54. The van der Waals surface area contributed by atoms with E-state index in [0.717, 1.165) is 0 Å². The van der Waals surface area contributed by atoms with Gasteiger partial charge >= 0.3 is 0 Å². The van der Waals surface area contributed by atoms with Gasteiger partial charge in [0.1, 0.15) is 0 Å². The summed E-state index contributed by atoms with van der Waals surface area (Å²) in [4.78, 5) is 0. The van der Waals surface area contributed by atoms with Gasteiger partial charge in [-0.3, -0.25) is 0 Å². The summed E-state index contributed by atoms with van der Waals surface area (Å²) in [6, 6.07) is 0. The molecule has 0 amide bonds.